The molecule has 0 saturated carbocycles. The molecule has 0 aromatic heterocycles. The first-order chi connectivity index (χ1) is 17.8. The largest absolute Gasteiger partial charge is 0.387 e. The lowest BCUT2D eigenvalue weighted by Gasteiger charge is -2.21. The number of rotatable bonds is 27. The fourth-order valence-corrected chi connectivity index (χ4v) is 5.36. The molecule has 2 unspecified atom stereocenters. The van der Waals surface area contributed by atoms with Crippen molar-refractivity contribution in [2.75, 3.05) is 5.75 Å². The molecule has 0 saturated heterocycles. The molecule has 0 spiro atoms. The first kappa shape index (κ1) is 36.1. The maximum Gasteiger partial charge on any atom is 0.267 e. The second kappa shape index (κ2) is 25.4. The van der Waals surface area contributed by atoms with Crippen LogP contribution in [-0.4, -0.2) is 41.9 Å². The van der Waals surface area contributed by atoms with E-state index in [2.05, 4.69) is 19.2 Å². The van der Waals surface area contributed by atoms with E-state index in [0.29, 0.717) is 6.42 Å². The average molecular weight is 546 g/mol. The fourth-order valence-electron chi connectivity index (χ4n) is 4.62. The molecule has 0 aliphatic heterocycles. The summed E-state index contributed by atoms with van der Waals surface area (Å²) >= 11 is 0. The zero-order valence-corrected chi connectivity index (χ0v) is 24.9. The van der Waals surface area contributed by atoms with Gasteiger partial charge in [-0.15, -0.1) is 0 Å². The van der Waals surface area contributed by atoms with Crippen LogP contribution in [0.4, 0.5) is 0 Å². The van der Waals surface area contributed by atoms with Gasteiger partial charge in [0.1, 0.15) is 0 Å². The van der Waals surface area contributed by atoms with Gasteiger partial charge >= 0.3 is 0 Å². The van der Waals surface area contributed by atoms with Crippen LogP contribution in [0.5, 0.6) is 0 Å². The van der Waals surface area contributed by atoms with Crippen molar-refractivity contribution in [2.24, 2.45) is 0 Å². The lowest BCUT2D eigenvalue weighted by Crippen LogP contribution is -2.46. The van der Waals surface area contributed by atoms with Crippen LogP contribution in [0.1, 0.15) is 155 Å². The molecule has 2 atom stereocenters. The highest BCUT2D eigenvalue weighted by atomic mass is 32.2. The quantitative estimate of drug-likeness (QED) is 0.0553. The van der Waals surface area contributed by atoms with Crippen LogP contribution in [-0.2, 0) is 14.9 Å². The van der Waals surface area contributed by atoms with E-state index in [9.17, 15) is 22.9 Å². The molecular formula is C30H59NO5S. The number of nitrogens with one attached hydrogen (secondary N) is 1. The van der Waals surface area contributed by atoms with Gasteiger partial charge in [0.05, 0.1) is 17.9 Å². The van der Waals surface area contributed by atoms with Gasteiger partial charge in [0.15, 0.2) is 0 Å². The van der Waals surface area contributed by atoms with Crippen molar-refractivity contribution in [3.8, 4) is 0 Å². The second-order valence-corrected chi connectivity index (χ2v) is 12.2. The Labute approximate surface area is 229 Å². The smallest absolute Gasteiger partial charge is 0.267 e. The van der Waals surface area contributed by atoms with Crippen LogP contribution < -0.4 is 5.32 Å². The van der Waals surface area contributed by atoms with E-state index in [0.717, 1.165) is 38.5 Å². The molecule has 0 aliphatic rings. The summed E-state index contributed by atoms with van der Waals surface area (Å²) in [6.07, 6.45) is 27.7. The van der Waals surface area contributed by atoms with Gasteiger partial charge in [0.2, 0.25) is 5.91 Å². The van der Waals surface area contributed by atoms with Crippen LogP contribution in [0.25, 0.3) is 0 Å². The summed E-state index contributed by atoms with van der Waals surface area (Å²) in [5, 5.41) is 13.0. The third-order valence-corrected chi connectivity index (χ3v) is 7.74. The van der Waals surface area contributed by atoms with Crippen molar-refractivity contribution >= 4 is 16.0 Å². The molecule has 0 radical (unpaired) electrons. The molecule has 220 valence electrons. The summed E-state index contributed by atoms with van der Waals surface area (Å²) < 4.78 is 32.0. The zero-order chi connectivity index (χ0) is 27.6. The highest BCUT2D eigenvalue weighted by molar-refractivity contribution is 7.85. The van der Waals surface area contributed by atoms with Gasteiger partial charge in [-0.05, 0) is 19.3 Å². The van der Waals surface area contributed by atoms with Crippen LogP contribution >= 0.6 is 0 Å². The van der Waals surface area contributed by atoms with Crippen LogP contribution in [0.15, 0.2) is 12.2 Å². The van der Waals surface area contributed by atoms with Gasteiger partial charge in [-0.3, -0.25) is 9.35 Å². The summed E-state index contributed by atoms with van der Waals surface area (Å²) in [5.41, 5.74) is 0. The summed E-state index contributed by atoms with van der Waals surface area (Å²) in [5.74, 6) is -0.976. The van der Waals surface area contributed by atoms with Crippen molar-refractivity contribution in [1.82, 2.24) is 5.32 Å². The van der Waals surface area contributed by atoms with Crippen LogP contribution in [0.2, 0.25) is 0 Å². The Balaban J connectivity index is 4.01. The lowest BCUT2D eigenvalue weighted by molar-refractivity contribution is -0.122. The molecule has 0 rings (SSSR count). The second-order valence-electron chi connectivity index (χ2n) is 10.7. The summed E-state index contributed by atoms with van der Waals surface area (Å²) in [4.78, 5) is 12.3. The normalized spacial score (nSPS) is 13.7. The van der Waals surface area contributed by atoms with Gasteiger partial charge in [-0.2, -0.15) is 8.42 Å². The number of unbranched alkanes of at least 4 members (excludes halogenated alkanes) is 19. The van der Waals surface area contributed by atoms with Gasteiger partial charge in [0, 0.05) is 6.42 Å². The van der Waals surface area contributed by atoms with Gasteiger partial charge < -0.3 is 10.4 Å². The molecule has 0 aromatic rings. The molecule has 0 fully saturated rings. The number of aliphatic hydroxyl groups excluding tert-OH is 1. The average Bonchev–Trinajstić information content (AvgIpc) is 2.84. The zero-order valence-electron chi connectivity index (χ0n) is 24.1. The predicted molar refractivity (Wildman–Crippen MR) is 156 cm³/mol. The maximum absolute atomic E-state index is 12.3. The third-order valence-electron chi connectivity index (χ3n) is 6.96. The molecule has 0 heterocycles. The molecule has 0 aromatic carbocycles. The minimum atomic E-state index is -4.32. The maximum atomic E-state index is 12.3. The van der Waals surface area contributed by atoms with E-state index < -0.39 is 28.0 Å². The van der Waals surface area contributed by atoms with Crippen molar-refractivity contribution in [2.45, 2.75) is 167 Å². The standard InChI is InChI=1S/C30H59NO5S/c1-3-5-7-9-11-13-14-15-16-17-18-20-22-24-26-30(33)31-28(27-37(34,35)36)29(32)25-23-21-19-12-10-8-6-4-2/h23,25,28-29,32H,3-22,24,26-27H2,1-2H3,(H,31,33)(H,34,35,36)/b25-23+. The first-order valence-electron chi connectivity index (χ1n) is 15.4. The molecule has 37 heavy (non-hydrogen) atoms. The molecule has 0 aliphatic carbocycles. The predicted octanol–water partition coefficient (Wildman–Crippen LogP) is 7.90. The van der Waals surface area contributed by atoms with Crippen molar-refractivity contribution in [3.63, 3.8) is 0 Å². The molecule has 1 amide bonds. The Morgan fingerprint density at radius 2 is 1.11 bits per heavy atom. The third kappa shape index (κ3) is 26.5. The first-order valence-corrected chi connectivity index (χ1v) is 17.0. The highest BCUT2D eigenvalue weighted by Gasteiger charge is 2.24. The van der Waals surface area contributed by atoms with Gasteiger partial charge in [0.25, 0.3) is 10.1 Å². The summed E-state index contributed by atoms with van der Waals surface area (Å²) in [7, 11) is -4.32. The van der Waals surface area contributed by atoms with Crippen LogP contribution in [0, 0.1) is 0 Å². The fraction of sp³-hybridized carbons (Fsp3) is 0.900. The molecule has 3 N–H and O–H groups in total. The number of carbonyl (C=O) groups is 1. The monoisotopic (exact) mass is 545 g/mol. The number of amides is 1. The van der Waals surface area contributed by atoms with Crippen LogP contribution in [0.3, 0.4) is 0 Å². The van der Waals surface area contributed by atoms with E-state index in [-0.39, 0.29) is 5.91 Å². The number of carbonyl (C=O) groups excluding carboxylic acids is 1. The van der Waals surface area contributed by atoms with Crippen molar-refractivity contribution in [3.05, 3.63) is 12.2 Å². The number of hydrogen-bond donors (Lipinski definition) is 3. The molecular weight excluding hydrogens is 486 g/mol. The van der Waals surface area contributed by atoms with E-state index in [1.54, 1.807) is 0 Å². The minimum Gasteiger partial charge on any atom is -0.387 e. The highest BCUT2D eigenvalue weighted by Crippen LogP contribution is 2.14. The number of aliphatic hydroxyl groups is 1. The van der Waals surface area contributed by atoms with E-state index in [1.165, 1.54) is 102 Å². The van der Waals surface area contributed by atoms with E-state index in [1.807, 2.05) is 6.08 Å². The van der Waals surface area contributed by atoms with Gasteiger partial charge in [-0.25, -0.2) is 0 Å². The van der Waals surface area contributed by atoms with Crippen molar-refractivity contribution in [1.29, 1.82) is 0 Å². The summed E-state index contributed by atoms with van der Waals surface area (Å²) in [6.45, 7) is 4.44. The topological polar surface area (TPSA) is 104 Å². The Morgan fingerprint density at radius 3 is 1.54 bits per heavy atom. The number of allylic oxidation sites excluding steroid dienone is 1. The Morgan fingerprint density at radius 1 is 0.703 bits per heavy atom. The lowest BCUT2D eigenvalue weighted by atomic mass is 10.0. The Hall–Kier alpha value is -0.920. The van der Waals surface area contributed by atoms with E-state index in [4.69, 9.17) is 0 Å². The summed E-state index contributed by atoms with van der Waals surface area (Å²) in [6, 6.07) is -1.05. The number of hydrogen-bond acceptors (Lipinski definition) is 4. The molecule has 7 heteroatoms. The Kier molecular flexibility index (Phi) is 24.7. The molecule has 0 bridgehead atoms. The SMILES string of the molecule is CCCCCCCC/C=C/C(O)C(CS(=O)(=O)O)NC(=O)CCCCCCCCCCCCCCCC. The van der Waals surface area contributed by atoms with E-state index >= 15 is 0 Å². The van der Waals surface area contributed by atoms with Crippen molar-refractivity contribution < 1.29 is 22.9 Å². The molecule has 6 nitrogen and oxygen atoms in total. The van der Waals surface area contributed by atoms with Gasteiger partial charge in [-0.1, -0.05) is 142 Å². The minimum absolute atomic E-state index is 0.282. The Bertz CT molecular complexity index is 650.